The Morgan fingerprint density at radius 1 is 0.756 bits per heavy atom. The van der Waals surface area contributed by atoms with Crippen molar-refractivity contribution in [2.45, 2.75) is 26.8 Å². The Kier molecular flexibility index (Phi) is 7.57. The van der Waals surface area contributed by atoms with Crippen molar-refractivity contribution in [3.05, 3.63) is 101 Å². The minimum absolute atomic E-state index is 0.667. The van der Waals surface area contributed by atoms with E-state index in [2.05, 4.69) is 72.2 Å². The molecule has 2 aromatic heterocycles. The molecule has 0 atom stereocenters. The van der Waals surface area contributed by atoms with Gasteiger partial charge in [-0.05, 0) is 49.2 Å². The van der Waals surface area contributed by atoms with E-state index < -0.39 is 0 Å². The maximum atomic E-state index is 5.48. The molecule has 8 heteroatoms. The van der Waals surface area contributed by atoms with Crippen molar-refractivity contribution in [2.75, 3.05) is 45.3 Å². The molecular formula is C33H36N6O2. The van der Waals surface area contributed by atoms with Crippen LogP contribution in [0.2, 0.25) is 0 Å². The van der Waals surface area contributed by atoms with Crippen LogP contribution in [0.1, 0.15) is 28.2 Å². The van der Waals surface area contributed by atoms with Crippen LogP contribution in [0.5, 0.6) is 11.5 Å². The summed E-state index contributed by atoms with van der Waals surface area (Å²) in [5.41, 5.74) is 6.41. The maximum absolute atomic E-state index is 5.48. The normalized spacial score (nSPS) is 14.0. The fraction of sp³-hybridized carbons (Fsp3) is 0.303. The van der Waals surface area contributed by atoms with E-state index in [1.807, 2.05) is 28.9 Å². The summed E-state index contributed by atoms with van der Waals surface area (Å²) in [4.78, 5) is 15.1. The minimum atomic E-state index is 0.667. The lowest BCUT2D eigenvalue weighted by atomic mass is 10.1. The van der Waals surface area contributed by atoms with Crippen molar-refractivity contribution in [2.24, 2.45) is 0 Å². The zero-order valence-electron chi connectivity index (χ0n) is 24.2. The highest BCUT2D eigenvalue weighted by Gasteiger charge is 2.25. The highest BCUT2D eigenvalue weighted by atomic mass is 16.5. The second kappa shape index (κ2) is 11.6. The number of ether oxygens (including phenoxy) is 2. The predicted molar refractivity (Wildman–Crippen MR) is 162 cm³/mol. The number of nitrogens with zero attached hydrogens (tertiary/aromatic N) is 6. The van der Waals surface area contributed by atoms with E-state index in [0.29, 0.717) is 6.42 Å². The molecule has 0 amide bonds. The molecule has 3 aromatic carbocycles. The maximum Gasteiger partial charge on any atom is 0.169 e. The van der Waals surface area contributed by atoms with Crippen molar-refractivity contribution >= 4 is 16.9 Å². The van der Waals surface area contributed by atoms with E-state index in [-0.39, 0.29) is 0 Å². The van der Waals surface area contributed by atoms with E-state index >= 15 is 0 Å². The van der Waals surface area contributed by atoms with Gasteiger partial charge in [0.2, 0.25) is 0 Å². The van der Waals surface area contributed by atoms with Crippen molar-refractivity contribution in [3.8, 4) is 17.2 Å². The number of hydrogen-bond donors (Lipinski definition) is 0. The Morgan fingerprint density at radius 2 is 1.44 bits per heavy atom. The Balaban J connectivity index is 1.31. The number of methoxy groups -OCH3 is 2. The van der Waals surface area contributed by atoms with Gasteiger partial charge in [-0.1, -0.05) is 48.0 Å². The zero-order valence-corrected chi connectivity index (χ0v) is 24.2. The van der Waals surface area contributed by atoms with Crippen LogP contribution in [0.4, 0.5) is 5.82 Å². The minimum Gasteiger partial charge on any atom is -0.497 e. The summed E-state index contributed by atoms with van der Waals surface area (Å²) >= 11 is 0. The van der Waals surface area contributed by atoms with Gasteiger partial charge in [-0.15, -0.1) is 0 Å². The molecule has 41 heavy (non-hydrogen) atoms. The van der Waals surface area contributed by atoms with Gasteiger partial charge in [0.25, 0.3) is 0 Å². The molecule has 3 heterocycles. The number of aryl methyl sites for hydroxylation is 2. The van der Waals surface area contributed by atoms with Gasteiger partial charge in [-0.2, -0.15) is 5.10 Å². The standard InChI is InChI=1S/C33H36N6O2/c1-23-10-12-25(13-11-23)20-30-34-32(31-24(2)36-39(33(31)35-30)27-8-6-5-7-9-27)38-16-14-37(15-17-38)22-26-18-28(40-3)21-29(19-26)41-4/h5-13,18-19,21H,14-17,20,22H2,1-4H3. The number of hydrogen-bond acceptors (Lipinski definition) is 7. The lowest BCUT2D eigenvalue weighted by Gasteiger charge is -2.36. The van der Waals surface area contributed by atoms with E-state index in [9.17, 15) is 0 Å². The molecule has 210 valence electrons. The summed E-state index contributed by atoms with van der Waals surface area (Å²) < 4.78 is 12.9. The average Bonchev–Trinajstić information content (AvgIpc) is 3.34. The molecule has 0 unspecified atom stereocenters. The molecule has 0 spiro atoms. The van der Waals surface area contributed by atoms with Gasteiger partial charge in [0, 0.05) is 45.2 Å². The average molecular weight is 549 g/mol. The third kappa shape index (κ3) is 5.74. The predicted octanol–water partition coefficient (Wildman–Crippen LogP) is 5.36. The SMILES string of the molecule is COc1cc(CN2CCN(c3nc(Cc4ccc(C)cc4)nc4c3c(C)nn4-c3ccccc3)CC2)cc(OC)c1. The first kappa shape index (κ1) is 26.8. The number of piperazine rings is 1. The topological polar surface area (TPSA) is 68.5 Å². The molecule has 6 rings (SSSR count). The van der Waals surface area contributed by atoms with Crippen molar-refractivity contribution < 1.29 is 9.47 Å². The molecule has 0 radical (unpaired) electrons. The highest BCUT2D eigenvalue weighted by Crippen LogP contribution is 2.31. The van der Waals surface area contributed by atoms with E-state index in [4.69, 9.17) is 24.5 Å². The Bertz CT molecular complexity index is 1620. The van der Waals surface area contributed by atoms with Crippen LogP contribution < -0.4 is 14.4 Å². The van der Waals surface area contributed by atoms with Gasteiger partial charge < -0.3 is 14.4 Å². The summed E-state index contributed by atoms with van der Waals surface area (Å²) in [7, 11) is 3.38. The van der Waals surface area contributed by atoms with Crippen LogP contribution in [0.25, 0.3) is 16.7 Å². The number of aromatic nitrogens is 4. The fourth-order valence-corrected chi connectivity index (χ4v) is 5.48. The van der Waals surface area contributed by atoms with Gasteiger partial charge in [0.1, 0.15) is 23.1 Å². The van der Waals surface area contributed by atoms with E-state index in [1.165, 1.54) is 16.7 Å². The second-order valence-corrected chi connectivity index (χ2v) is 10.6. The summed E-state index contributed by atoms with van der Waals surface area (Å²) in [6.45, 7) is 8.58. The molecule has 0 aliphatic carbocycles. The molecular weight excluding hydrogens is 512 g/mol. The van der Waals surface area contributed by atoms with Gasteiger partial charge in [-0.25, -0.2) is 14.6 Å². The van der Waals surface area contributed by atoms with Crippen molar-refractivity contribution in [3.63, 3.8) is 0 Å². The molecule has 0 saturated carbocycles. The van der Waals surface area contributed by atoms with Crippen molar-refractivity contribution in [1.82, 2.24) is 24.6 Å². The van der Waals surface area contributed by atoms with Gasteiger partial charge in [-0.3, -0.25) is 4.90 Å². The molecule has 1 aliphatic rings. The molecule has 1 aliphatic heterocycles. The summed E-state index contributed by atoms with van der Waals surface area (Å²) in [6, 6.07) is 24.9. The Labute approximate surface area is 241 Å². The first-order valence-electron chi connectivity index (χ1n) is 14.1. The lowest BCUT2D eigenvalue weighted by Crippen LogP contribution is -2.46. The summed E-state index contributed by atoms with van der Waals surface area (Å²) in [5.74, 6) is 3.40. The molecule has 0 N–H and O–H groups in total. The molecule has 1 saturated heterocycles. The van der Waals surface area contributed by atoms with Crippen LogP contribution in [0.15, 0.2) is 72.8 Å². The smallest absolute Gasteiger partial charge is 0.169 e. The van der Waals surface area contributed by atoms with E-state index in [0.717, 1.165) is 78.3 Å². The van der Waals surface area contributed by atoms with Gasteiger partial charge >= 0.3 is 0 Å². The third-order valence-electron chi connectivity index (χ3n) is 7.70. The number of fused-ring (bicyclic) bond motifs is 1. The number of benzene rings is 3. The fourth-order valence-electron chi connectivity index (χ4n) is 5.48. The van der Waals surface area contributed by atoms with Crippen LogP contribution in [0, 0.1) is 13.8 Å². The number of anilines is 1. The monoisotopic (exact) mass is 548 g/mol. The quantitative estimate of drug-likeness (QED) is 0.259. The summed E-state index contributed by atoms with van der Waals surface area (Å²) in [6.07, 6.45) is 0.667. The molecule has 8 nitrogen and oxygen atoms in total. The van der Waals surface area contributed by atoms with E-state index in [1.54, 1.807) is 14.2 Å². The molecule has 0 bridgehead atoms. The van der Waals surface area contributed by atoms with Crippen LogP contribution in [-0.4, -0.2) is 65.0 Å². The molecule has 1 fully saturated rings. The first-order valence-corrected chi connectivity index (χ1v) is 14.1. The zero-order chi connectivity index (χ0) is 28.3. The summed E-state index contributed by atoms with van der Waals surface area (Å²) in [5, 5.41) is 5.95. The van der Waals surface area contributed by atoms with Gasteiger partial charge in [0.05, 0.1) is 31.0 Å². The third-order valence-corrected chi connectivity index (χ3v) is 7.70. The van der Waals surface area contributed by atoms with Crippen LogP contribution in [-0.2, 0) is 13.0 Å². The lowest BCUT2D eigenvalue weighted by molar-refractivity contribution is 0.248. The Morgan fingerprint density at radius 3 is 2.10 bits per heavy atom. The largest absolute Gasteiger partial charge is 0.497 e. The Hall–Kier alpha value is -4.43. The van der Waals surface area contributed by atoms with Gasteiger partial charge in [0.15, 0.2) is 5.65 Å². The first-order chi connectivity index (χ1) is 20.0. The number of rotatable bonds is 8. The second-order valence-electron chi connectivity index (χ2n) is 10.6. The van der Waals surface area contributed by atoms with Crippen LogP contribution >= 0.6 is 0 Å². The number of para-hydroxylation sites is 1. The van der Waals surface area contributed by atoms with Crippen molar-refractivity contribution in [1.29, 1.82) is 0 Å². The highest BCUT2D eigenvalue weighted by molar-refractivity contribution is 5.91. The molecule has 5 aromatic rings. The van der Waals surface area contributed by atoms with Crippen LogP contribution in [0.3, 0.4) is 0 Å².